The number of amides is 1. The van der Waals surface area contributed by atoms with E-state index in [0.717, 1.165) is 0 Å². The third-order valence-corrected chi connectivity index (χ3v) is 4.94. The lowest BCUT2D eigenvalue weighted by molar-refractivity contribution is -0.118. The average molecular weight is 318 g/mol. The van der Waals surface area contributed by atoms with Gasteiger partial charge in [0.1, 0.15) is 0 Å². The molecule has 0 aliphatic heterocycles. The number of nitrogens with two attached hydrogens (primary N) is 1. The molecule has 0 bridgehead atoms. The van der Waals surface area contributed by atoms with Crippen molar-refractivity contribution in [2.45, 2.75) is 23.6 Å². The molecule has 6 heteroatoms. The molecule has 2 rings (SSSR count). The lowest BCUT2D eigenvalue weighted by Gasteiger charge is -2.12. The van der Waals surface area contributed by atoms with Gasteiger partial charge in [0.25, 0.3) is 0 Å². The second-order valence-corrected chi connectivity index (χ2v) is 7.16. The van der Waals surface area contributed by atoms with Crippen LogP contribution >= 0.6 is 0 Å². The summed E-state index contributed by atoms with van der Waals surface area (Å²) in [5.41, 5.74) is 6.49. The van der Waals surface area contributed by atoms with Gasteiger partial charge in [-0.2, -0.15) is 0 Å². The smallest absolute Gasteiger partial charge is 0.226 e. The molecule has 0 aliphatic rings. The average Bonchev–Trinajstić information content (AvgIpc) is 2.49. The molecule has 0 spiro atoms. The summed E-state index contributed by atoms with van der Waals surface area (Å²) in [7, 11) is -3.62. The van der Waals surface area contributed by atoms with Gasteiger partial charge < -0.3 is 11.1 Å². The molecule has 0 radical (unpaired) electrons. The van der Waals surface area contributed by atoms with E-state index in [0.29, 0.717) is 5.69 Å². The Balaban J connectivity index is 2.36. The molecule has 0 atom stereocenters. The van der Waals surface area contributed by atoms with Crippen molar-refractivity contribution in [3.8, 4) is 0 Å². The SMILES string of the molecule is CC(C)C(=O)Nc1ccc(S(=O)(=O)c2ccccc2)cc1N. The lowest BCUT2D eigenvalue weighted by Crippen LogP contribution is -2.18. The molecule has 1 amide bonds. The van der Waals surface area contributed by atoms with Crippen molar-refractivity contribution < 1.29 is 13.2 Å². The molecule has 0 saturated carbocycles. The largest absolute Gasteiger partial charge is 0.397 e. The number of anilines is 2. The fourth-order valence-electron chi connectivity index (χ4n) is 1.83. The van der Waals surface area contributed by atoms with Gasteiger partial charge in [0.2, 0.25) is 15.7 Å². The van der Waals surface area contributed by atoms with Crippen molar-refractivity contribution in [2.24, 2.45) is 5.92 Å². The second-order valence-electron chi connectivity index (χ2n) is 5.21. The maximum atomic E-state index is 12.5. The maximum absolute atomic E-state index is 12.5. The first kappa shape index (κ1) is 16.0. The summed E-state index contributed by atoms with van der Waals surface area (Å²) in [5, 5.41) is 2.67. The second kappa shape index (κ2) is 6.19. The van der Waals surface area contributed by atoms with Crippen molar-refractivity contribution in [3.63, 3.8) is 0 Å². The zero-order chi connectivity index (χ0) is 16.3. The molecule has 0 aliphatic carbocycles. The number of sulfone groups is 1. The Hall–Kier alpha value is -2.34. The highest BCUT2D eigenvalue weighted by Crippen LogP contribution is 2.27. The van der Waals surface area contributed by atoms with E-state index in [1.54, 1.807) is 32.0 Å². The van der Waals surface area contributed by atoms with Crippen LogP contribution in [-0.2, 0) is 14.6 Å². The van der Waals surface area contributed by atoms with Crippen LogP contribution in [-0.4, -0.2) is 14.3 Å². The maximum Gasteiger partial charge on any atom is 0.226 e. The standard InChI is InChI=1S/C16H18N2O3S/c1-11(2)16(19)18-15-9-8-13(10-14(15)17)22(20,21)12-6-4-3-5-7-12/h3-11H,17H2,1-2H3,(H,18,19). The molecule has 2 aromatic rings. The summed E-state index contributed by atoms with van der Waals surface area (Å²) in [5.74, 6) is -0.363. The number of nitrogen functional groups attached to an aromatic ring is 1. The number of rotatable bonds is 4. The highest BCUT2D eigenvalue weighted by atomic mass is 32.2. The van der Waals surface area contributed by atoms with E-state index >= 15 is 0 Å². The topological polar surface area (TPSA) is 89.3 Å². The molecule has 0 saturated heterocycles. The number of benzene rings is 2. The molecular weight excluding hydrogens is 300 g/mol. The molecule has 2 aromatic carbocycles. The van der Waals surface area contributed by atoms with Crippen molar-refractivity contribution in [1.29, 1.82) is 0 Å². The summed E-state index contributed by atoms with van der Waals surface area (Å²) >= 11 is 0. The number of hydrogen-bond acceptors (Lipinski definition) is 4. The van der Waals surface area contributed by atoms with Gasteiger partial charge in [0.05, 0.1) is 21.2 Å². The number of carbonyl (C=O) groups excluding carboxylic acids is 1. The van der Waals surface area contributed by atoms with Crippen LogP contribution < -0.4 is 11.1 Å². The Kier molecular flexibility index (Phi) is 4.51. The van der Waals surface area contributed by atoms with Crippen LogP contribution in [0.4, 0.5) is 11.4 Å². The first-order valence-corrected chi connectivity index (χ1v) is 8.31. The molecule has 0 fully saturated rings. The Bertz CT molecular complexity index is 784. The zero-order valence-corrected chi connectivity index (χ0v) is 13.2. The van der Waals surface area contributed by atoms with E-state index in [1.807, 2.05) is 0 Å². The molecule has 22 heavy (non-hydrogen) atoms. The van der Waals surface area contributed by atoms with E-state index in [-0.39, 0.29) is 27.3 Å². The van der Waals surface area contributed by atoms with Gasteiger partial charge in [0, 0.05) is 5.92 Å². The fraction of sp³-hybridized carbons (Fsp3) is 0.188. The Morgan fingerprint density at radius 1 is 1.05 bits per heavy atom. The van der Waals surface area contributed by atoms with E-state index in [9.17, 15) is 13.2 Å². The normalized spacial score (nSPS) is 11.4. The highest BCUT2D eigenvalue weighted by Gasteiger charge is 2.19. The molecule has 0 heterocycles. The summed E-state index contributed by atoms with van der Waals surface area (Å²) in [6, 6.07) is 12.4. The summed E-state index contributed by atoms with van der Waals surface area (Å²) < 4.78 is 25.0. The van der Waals surface area contributed by atoms with E-state index in [1.165, 1.54) is 30.3 Å². The molecule has 0 aromatic heterocycles. The third-order valence-electron chi connectivity index (χ3n) is 3.17. The van der Waals surface area contributed by atoms with E-state index in [4.69, 9.17) is 5.73 Å². The van der Waals surface area contributed by atoms with Gasteiger partial charge >= 0.3 is 0 Å². The monoisotopic (exact) mass is 318 g/mol. The van der Waals surface area contributed by atoms with Crippen LogP contribution in [0.1, 0.15) is 13.8 Å². The van der Waals surface area contributed by atoms with Crippen molar-refractivity contribution in [2.75, 3.05) is 11.1 Å². The summed E-state index contributed by atoms with van der Waals surface area (Å²) in [4.78, 5) is 12.0. The Morgan fingerprint density at radius 2 is 1.68 bits per heavy atom. The highest BCUT2D eigenvalue weighted by molar-refractivity contribution is 7.91. The molecule has 3 N–H and O–H groups in total. The predicted octanol–water partition coefficient (Wildman–Crippen LogP) is 2.70. The van der Waals surface area contributed by atoms with E-state index < -0.39 is 9.84 Å². The van der Waals surface area contributed by atoms with Crippen LogP contribution in [0.25, 0.3) is 0 Å². The Labute approximate surface area is 130 Å². The van der Waals surface area contributed by atoms with Gasteiger partial charge in [-0.25, -0.2) is 8.42 Å². The minimum atomic E-state index is -3.62. The zero-order valence-electron chi connectivity index (χ0n) is 12.4. The summed E-state index contributed by atoms with van der Waals surface area (Å²) in [6.45, 7) is 3.53. The predicted molar refractivity (Wildman–Crippen MR) is 86.2 cm³/mol. The Morgan fingerprint density at radius 3 is 2.23 bits per heavy atom. The lowest BCUT2D eigenvalue weighted by atomic mass is 10.2. The van der Waals surface area contributed by atoms with Gasteiger partial charge in [0.15, 0.2) is 0 Å². The van der Waals surface area contributed by atoms with Crippen molar-refractivity contribution in [1.82, 2.24) is 0 Å². The number of nitrogens with one attached hydrogen (secondary N) is 1. The number of hydrogen-bond donors (Lipinski definition) is 2. The van der Waals surface area contributed by atoms with Crippen LogP contribution in [0.3, 0.4) is 0 Å². The first-order chi connectivity index (χ1) is 10.3. The molecule has 0 unspecified atom stereocenters. The van der Waals surface area contributed by atoms with Crippen molar-refractivity contribution in [3.05, 3.63) is 48.5 Å². The molecular formula is C16H18N2O3S. The van der Waals surface area contributed by atoms with Gasteiger partial charge in [-0.15, -0.1) is 0 Å². The van der Waals surface area contributed by atoms with Crippen molar-refractivity contribution >= 4 is 27.1 Å². The molecule has 116 valence electrons. The van der Waals surface area contributed by atoms with Gasteiger partial charge in [-0.1, -0.05) is 32.0 Å². The summed E-state index contributed by atoms with van der Waals surface area (Å²) in [6.07, 6.45) is 0. The van der Waals surface area contributed by atoms with Crippen LogP contribution in [0.5, 0.6) is 0 Å². The minimum Gasteiger partial charge on any atom is -0.397 e. The van der Waals surface area contributed by atoms with Gasteiger partial charge in [-0.05, 0) is 30.3 Å². The van der Waals surface area contributed by atoms with Crippen LogP contribution in [0.15, 0.2) is 58.3 Å². The molecule has 5 nitrogen and oxygen atoms in total. The minimum absolute atomic E-state index is 0.0961. The van der Waals surface area contributed by atoms with Gasteiger partial charge in [-0.3, -0.25) is 4.79 Å². The quantitative estimate of drug-likeness (QED) is 0.848. The van der Waals surface area contributed by atoms with E-state index in [2.05, 4.69) is 5.32 Å². The first-order valence-electron chi connectivity index (χ1n) is 6.83. The third kappa shape index (κ3) is 3.28. The van der Waals surface area contributed by atoms with Crippen LogP contribution in [0, 0.1) is 5.92 Å². The van der Waals surface area contributed by atoms with Crippen LogP contribution in [0.2, 0.25) is 0 Å². The fourth-order valence-corrected chi connectivity index (χ4v) is 3.15. The number of carbonyl (C=O) groups is 1.